The number of esters is 1. The quantitative estimate of drug-likeness (QED) is 0.587. The monoisotopic (exact) mass is 382 g/mol. The summed E-state index contributed by atoms with van der Waals surface area (Å²) in [6.45, 7) is 7.45. The van der Waals surface area contributed by atoms with Crippen molar-refractivity contribution in [3.63, 3.8) is 0 Å². The van der Waals surface area contributed by atoms with Gasteiger partial charge in [-0.2, -0.15) is 0 Å². The average molecular weight is 383 g/mol. The Morgan fingerprint density at radius 1 is 1.38 bits per heavy atom. The van der Waals surface area contributed by atoms with Crippen LogP contribution in [0, 0.1) is 5.92 Å². The molecule has 0 bridgehead atoms. The van der Waals surface area contributed by atoms with Crippen LogP contribution >= 0.6 is 11.6 Å². The maximum Gasteiger partial charge on any atom is 0.417 e. The Morgan fingerprint density at radius 3 is 2.69 bits per heavy atom. The van der Waals surface area contributed by atoms with E-state index in [-0.39, 0.29) is 36.2 Å². The summed E-state index contributed by atoms with van der Waals surface area (Å²) in [4.78, 5) is 42.0. The molecule has 142 valence electrons. The van der Waals surface area contributed by atoms with Crippen molar-refractivity contribution in [2.75, 3.05) is 13.2 Å². The number of halogens is 1. The number of ether oxygens (including phenoxy) is 2. The van der Waals surface area contributed by atoms with Gasteiger partial charge in [0, 0.05) is 18.7 Å². The van der Waals surface area contributed by atoms with E-state index in [9.17, 15) is 14.4 Å². The first kappa shape index (κ1) is 20.2. The third-order valence-electron chi connectivity index (χ3n) is 3.85. The van der Waals surface area contributed by atoms with Gasteiger partial charge in [0.1, 0.15) is 10.8 Å². The first-order valence-corrected chi connectivity index (χ1v) is 8.86. The standard InChI is InChI=1S/C18H23ClN2O5/c1-5-25-16(23)13-9-14(19)20-10-12(13)8-11-6-7-21(15(11)22)17(24)26-18(2,3)4/h9-11H,5-8H2,1-4H3. The molecule has 0 N–H and O–H groups in total. The molecule has 1 aliphatic heterocycles. The number of likely N-dealkylation sites (tertiary alicyclic amines) is 1. The molecule has 26 heavy (non-hydrogen) atoms. The first-order valence-electron chi connectivity index (χ1n) is 8.48. The first-order chi connectivity index (χ1) is 12.1. The summed E-state index contributed by atoms with van der Waals surface area (Å²) in [5.41, 5.74) is 0.180. The molecule has 0 aliphatic carbocycles. The molecule has 7 nitrogen and oxygen atoms in total. The van der Waals surface area contributed by atoms with Crippen LogP contribution in [0.1, 0.15) is 50.0 Å². The van der Waals surface area contributed by atoms with Gasteiger partial charge in [0.2, 0.25) is 5.91 Å². The molecule has 0 radical (unpaired) electrons. The molecular formula is C18H23ClN2O5. The van der Waals surface area contributed by atoms with Crippen molar-refractivity contribution in [2.24, 2.45) is 5.92 Å². The van der Waals surface area contributed by atoms with Crippen LogP contribution in [0.15, 0.2) is 12.3 Å². The van der Waals surface area contributed by atoms with Crippen LogP contribution in [-0.2, 0) is 20.7 Å². The molecule has 0 aromatic carbocycles. The third kappa shape index (κ3) is 4.94. The largest absolute Gasteiger partial charge is 0.462 e. The molecule has 1 aromatic rings. The number of rotatable bonds is 4. The number of imide groups is 1. The lowest BCUT2D eigenvalue weighted by molar-refractivity contribution is -0.130. The van der Waals surface area contributed by atoms with Gasteiger partial charge in [-0.15, -0.1) is 0 Å². The fourth-order valence-corrected chi connectivity index (χ4v) is 2.87. The van der Waals surface area contributed by atoms with Crippen LogP contribution < -0.4 is 0 Å². The van der Waals surface area contributed by atoms with Gasteiger partial charge in [0.05, 0.1) is 12.2 Å². The lowest BCUT2D eigenvalue weighted by atomic mass is 9.96. The van der Waals surface area contributed by atoms with Crippen LogP contribution in [0.3, 0.4) is 0 Å². The van der Waals surface area contributed by atoms with E-state index in [0.717, 1.165) is 4.90 Å². The van der Waals surface area contributed by atoms with Crippen LogP contribution in [0.2, 0.25) is 5.15 Å². The number of hydrogen-bond acceptors (Lipinski definition) is 6. The van der Waals surface area contributed by atoms with E-state index >= 15 is 0 Å². The third-order valence-corrected chi connectivity index (χ3v) is 4.05. The second-order valence-electron chi connectivity index (χ2n) is 7.04. The van der Waals surface area contributed by atoms with Crippen LogP contribution in [-0.4, -0.2) is 46.6 Å². The van der Waals surface area contributed by atoms with Crippen molar-refractivity contribution in [3.05, 3.63) is 28.5 Å². The minimum absolute atomic E-state index is 0.171. The second-order valence-corrected chi connectivity index (χ2v) is 7.43. The predicted molar refractivity (Wildman–Crippen MR) is 95.0 cm³/mol. The van der Waals surface area contributed by atoms with Crippen LogP contribution in [0.4, 0.5) is 4.79 Å². The van der Waals surface area contributed by atoms with Crippen LogP contribution in [0.25, 0.3) is 0 Å². The van der Waals surface area contributed by atoms with E-state index < -0.39 is 23.6 Å². The Morgan fingerprint density at radius 2 is 2.08 bits per heavy atom. The zero-order valence-corrected chi connectivity index (χ0v) is 16.1. The van der Waals surface area contributed by atoms with Crippen molar-refractivity contribution in [1.82, 2.24) is 9.88 Å². The summed E-state index contributed by atoms with van der Waals surface area (Å²) in [7, 11) is 0. The zero-order chi connectivity index (χ0) is 19.5. The smallest absolute Gasteiger partial charge is 0.417 e. The molecule has 1 fully saturated rings. The number of carbonyl (C=O) groups excluding carboxylic acids is 3. The number of nitrogens with zero attached hydrogens (tertiary/aromatic N) is 2. The highest BCUT2D eigenvalue weighted by atomic mass is 35.5. The molecule has 1 unspecified atom stereocenters. The normalized spacial score (nSPS) is 17.3. The fraction of sp³-hybridized carbons (Fsp3) is 0.556. The zero-order valence-electron chi connectivity index (χ0n) is 15.4. The lowest BCUT2D eigenvalue weighted by Gasteiger charge is -2.23. The number of hydrogen-bond donors (Lipinski definition) is 0. The van der Waals surface area contributed by atoms with E-state index in [2.05, 4.69) is 4.98 Å². The highest BCUT2D eigenvalue weighted by Gasteiger charge is 2.38. The minimum Gasteiger partial charge on any atom is -0.462 e. The summed E-state index contributed by atoms with van der Waals surface area (Å²) in [5, 5.41) is 0.171. The van der Waals surface area contributed by atoms with E-state index in [1.165, 1.54) is 12.3 Å². The molecule has 1 saturated heterocycles. The summed E-state index contributed by atoms with van der Waals surface area (Å²) in [6.07, 6.45) is 1.59. The molecule has 2 amide bonds. The number of pyridine rings is 1. The Balaban J connectivity index is 2.14. The van der Waals surface area contributed by atoms with Gasteiger partial charge in [-0.3, -0.25) is 4.79 Å². The van der Waals surface area contributed by atoms with E-state index in [1.54, 1.807) is 27.7 Å². The average Bonchev–Trinajstić information content (AvgIpc) is 2.88. The summed E-state index contributed by atoms with van der Waals surface area (Å²) >= 11 is 5.88. The molecule has 0 spiro atoms. The van der Waals surface area contributed by atoms with Gasteiger partial charge >= 0.3 is 12.1 Å². The predicted octanol–water partition coefficient (Wildman–Crippen LogP) is 3.24. The molecular weight excluding hydrogens is 360 g/mol. The number of aromatic nitrogens is 1. The van der Waals surface area contributed by atoms with Crippen molar-refractivity contribution in [2.45, 2.75) is 46.1 Å². The van der Waals surface area contributed by atoms with Crippen molar-refractivity contribution < 1.29 is 23.9 Å². The molecule has 8 heteroatoms. The number of carbonyl (C=O) groups is 3. The van der Waals surface area contributed by atoms with Gasteiger partial charge in [-0.25, -0.2) is 19.5 Å². The SMILES string of the molecule is CCOC(=O)c1cc(Cl)ncc1CC1CCN(C(=O)OC(C)(C)C)C1=O. The Kier molecular flexibility index (Phi) is 6.23. The molecule has 2 rings (SSSR count). The Bertz CT molecular complexity index is 714. The highest BCUT2D eigenvalue weighted by Crippen LogP contribution is 2.26. The molecule has 1 aromatic heterocycles. The van der Waals surface area contributed by atoms with Gasteiger partial charge in [-0.1, -0.05) is 11.6 Å². The van der Waals surface area contributed by atoms with Gasteiger partial charge in [-0.05, 0) is 52.2 Å². The lowest BCUT2D eigenvalue weighted by Crippen LogP contribution is -2.38. The van der Waals surface area contributed by atoms with E-state index in [0.29, 0.717) is 12.0 Å². The second kappa shape index (κ2) is 8.03. The summed E-state index contributed by atoms with van der Waals surface area (Å²) < 4.78 is 10.3. The highest BCUT2D eigenvalue weighted by molar-refractivity contribution is 6.29. The van der Waals surface area contributed by atoms with Gasteiger partial charge in [0.25, 0.3) is 0 Å². The Labute approximate surface area is 157 Å². The van der Waals surface area contributed by atoms with Crippen molar-refractivity contribution in [1.29, 1.82) is 0 Å². The topological polar surface area (TPSA) is 85.8 Å². The molecule has 0 saturated carbocycles. The number of amides is 2. The van der Waals surface area contributed by atoms with E-state index in [1.807, 2.05) is 0 Å². The van der Waals surface area contributed by atoms with Crippen LogP contribution in [0.5, 0.6) is 0 Å². The van der Waals surface area contributed by atoms with E-state index in [4.69, 9.17) is 21.1 Å². The van der Waals surface area contributed by atoms with Crippen molar-refractivity contribution in [3.8, 4) is 0 Å². The van der Waals surface area contributed by atoms with Gasteiger partial charge in [0.15, 0.2) is 0 Å². The summed E-state index contributed by atoms with van der Waals surface area (Å²) in [5.74, 6) is -1.26. The minimum atomic E-state index is -0.674. The maximum absolute atomic E-state index is 12.6. The molecule has 2 heterocycles. The maximum atomic E-state index is 12.6. The Hall–Kier alpha value is -2.15. The molecule has 1 atom stereocenters. The summed E-state index contributed by atoms with van der Waals surface area (Å²) in [6, 6.07) is 1.43. The fourth-order valence-electron chi connectivity index (χ4n) is 2.71. The van der Waals surface area contributed by atoms with Crippen molar-refractivity contribution >= 4 is 29.6 Å². The van der Waals surface area contributed by atoms with Gasteiger partial charge < -0.3 is 9.47 Å². The molecule has 1 aliphatic rings.